The van der Waals surface area contributed by atoms with Crippen molar-refractivity contribution in [3.05, 3.63) is 47.3 Å². The second-order valence-electron chi connectivity index (χ2n) is 4.93. The van der Waals surface area contributed by atoms with Gasteiger partial charge in [0.15, 0.2) is 5.16 Å². The molecule has 9 heteroatoms. The minimum atomic E-state index is -2.93. The Morgan fingerprint density at radius 3 is 2.68 bits per heavy atom. The number of halogens is 2. The molecular formula is C16H16F2N4O2S. The van der Waals surface area contributed by atoms with Gasteiger partial charge in [0.2, 0.25) is 0 Å². The molecule has 25 heavy (non-hydrogen) atoms. The van der Waals surface area contributed by atoms with Crippen molar-refractivity contribution in [3.63, 3.8) is 0 Å². The molecule has 0 unspecified atom stereocenters. The molecule has 0 atom stereocenters. The smallest absolute Gasteiger partial charge is 0.387 e. The molecule has 0 aliphatic rings. The van der Waals surface area contributed by atoms with Gasteiger partial charge >= 0.3 is 6.61 Å². The van der Waals surface area contributed by atoms with Gasteiger partial charge in [-0.1, -0.05) is 23.9 Å². The molecule has 1 aromatic carbocycles. The number of hydrogen-bond donors (Lipinski definition) is 1. The van der Waals surface area contributed by atoms with Crippen molar-refractivity contribution in [2.45, 2.75) is 25.6 Å². The molecule has 6 nitrogen and oxygen atoms in total. The van der Waals surface area contributed by atoms with Gasteiger partial charge in [-0.25, -0.2) is 15.4 Å². The number of aromatic nitrogens is 2. The Bertz CT molecular complexity index is 751. The number of para-hydroxylation sites is 1. The Labute approximate surface area is 147 Å². The molecule has 2 aromatic rings. The SMILES string of the molecule is Cc1cc(C)nc(SCC(=O)N/N=C/c2ccccc2OC(F)F)n1. The number of carbonyl (C=O) groups excluding carboxylic acids is 1. The number of nitrogens with zero attached hydrogens (tertiary/aromatic N) is 3. The number of hydrazone groups is 1. The normalized spacial score (nSPS) is 11.1. The van der Waals surface area contributed by atoms with Crippen LogP contribution in [-0.4, -0.2) is 34.5 Å². The Kier molecular flexibility index (Phi) is 6.81. The predicted octanol–water partition coefficient (Wildman–Crippen LogP) is 2.94. The first-order valence-corrected chi connectivity index (χ1v) is 8.23. The fraction of sp³-hybridized carbons (Fsp3) is 0.250. The van der Waals surface area contributed by atoms with Crippen LogP contribution in [-0.2, 0) is 4.79 Å². The molecule has 0 saturated heterocycles. The third-order valence-electron chi connectivity index (χ3n) is 2.82. The maximum Gasteiger partial charge on any atom is 0.387 e. The first kappa shape index (κ1) is 18.8. The number of aryl methyl sites for hydroxylation is 2. The number of thioether (sulfide) groups is 1. The van der Waals surface area contributed by atoms with Gasteiger partial charge in [0.25, 0.3) is 5.91 Å². The lowest BCUT2D eigenvalue weighted by atomic mass is 10.2. The number of benzene rings is 1. The lowest BCUT2D eigenvalue weighted by molar-refractivity contribution is -0.118. The molecule has 0 bridgehead atoms. The molecule has 1 heterocycles. The van der Waals surface area contributed by atoms with Crippen molar-refractivity contribution in [1.82, 2.24) is 15.4 Å². The van der Waals surface area contributed by atoms with Crippen LogP contribution in [0.4, 0.5) is 8.78 Å². The maximum absolute atomic E-state index is 12.3. The molecule has 132 valence electrons. The summed E-state index contributed by atoms with van der Waals surface area (Å²) < 4.78 is 29.0. The zero-order chi connectivity index (χ0) is 18.2. The van der Waals surface area contributed by atoms with E-state index in [9.17, 15) is 13.6 Å². The van der Waals surface area contributed by atoms with Crippen LogP contribution in [0.1, 0.15) is 17.0 Å². The van der Waals surface area contributed by atoms with E-state index in [1.807, 2.05) is 19.9 Å². The van der Waals surface area contributed by atoms with E-state index in [1.165, 1.54) is 24.0 Å². The molecular weight excluding hydrogens is 350 g/mol. The quantitative estimate of drug-likeness (QED) is 0.353. The number of nitrogens with one attached hydrogen (secondary N) is 1. The number of hydrogen-bond acceptors (Lipinski definition) is 6. The Morgan fingerprint density at radius 1 is 1.32 bits per heavy atom. The molecule has 0 aliphatic carbocycles. The summed E-state index contributed by atoms with van der Waals surface area (Å²) in [5, 5.41) is 4.26. The van der Waals surface area contributed by atoms with Gasteiger partial charge in [0, 0.05) is 17.0 Å². The molecule has 2 rings (SSSR count). The predicted molar refractivity (Wildman–Crippen MR) is 91.0 cm³/mol. The van der Waals surface area contributed by atoms with Gasteiger partial charge in [0.05, 0.1) is 12.0 Å². The molecule has 1 N–H and O–H groups in total. The molecule has 1 amide bonds. The Balaban J connectivity index is 1.88. The lowest BCUT2D eigenvalue weighted by Crippen LogP contribution is -2.20. The summed E-state index contributed by atoms with van der Waals surface area (Å²) in [7, 11) is 0. The highest BCUT2D eigenvalue weighted by Crippen LogP contribution is 2.18. The standard InChI is InChI=1S/C16H16F2N4O2S/c1-10-7-11(2)21-16(20-10)25-9-14(23)22-19-8-12-5-3-4-6-13(12)24-15(17)18/h3-8,15H,9H2,1-2H3,(H,22,23)/b19-8+. The zero-order valence-electron chi connectivity index (χ0n) is 13.6. The van der Waals surface area contributed by atoms with E-state index in [-0.39, 0.29) is 17.4 Å². The Hall–Kier alpha value is -2.55. The monoisotopic (exact) mass is 366 g/mol. The number of rotatable bonds is 7. The van der Waals surface area contributed by atoms with Crippen LogP contribution in [0.25, 0.3) is 0 Å². The van der Waals surface area contributed by atoms with Crippen molar-refractivity contribution >= 4 is 23.9 Å². The second-order valence-corrected chi connectivity index (χ2v) is 5.87. The summed E-state index contributed by atoms with van der Waals surface area (Å²) in [5.41, 5.74) is 4.30. The van der Waals surface area contributed by atoms with Crippen LogP contribution in [0.5, 0.6) is 5.75 Å². The molecule has 0 fully saturated rings. The average Bonchev–Trinajstić information content (AvgIpc) is 2.53. The molecule has 1 aromatic heterocycles. The van der Waals surface area contributed by atoms with Gasteiger partial charge in [-0.15, -0.1) is 0 Å². The van der Waals surface area contributed by atoms with Crippen LogP contribution >= 0.6 is 11.8 Å². The number of ether oxygens (including phenoxy) is 1. The minimum absolute atomic E-state index is 0.0199. The highest BCUT2D eigenvalue weighted by Gasteiger charge is 2.08. The van der Waals surface area contributed by atoms with Gasteiger partial charge < -0.3 is 4.74 Å². The Morgan fingerprint density at radius 2 is 2.00 bits per heavy atom. The topological polar surface area (TPSA) is 76.5 Å². The van der Waals surface area contributed by atoms with Crippen LogP contribution in [0.15, 0.2) is 40.6 Å². The van der Waals surface area contributed by atoms with E-state index in [1.54, 1.807) is 18.2 Å². The molecule has 0 aliphatic heterocycles. The van der Waals surface area contributed by atoms with Crippen LogP contribution < -0.4 is 10.2 Å². The van der Waals surface area contributed by atoms with Crippen molar-refractivity contribution in [2.24, 2.45) is 5.10 Å². The second kappa shape index (κ2) is 9.07. The average molecular weight is 366 g/mol. The maximum atomic E-state index is 12.3. The fourth-order valence-corrected chi connectivity index (χ4v) is 2.63. The van der Waals surface area contributed by atoms with E-state index < -0.39 is 6.61 Å². The molecule has 0 radical (unpaired) electrons. The first-order chi connectivity index (χ1) is 11.9. The lowest BCUT2D eigenvalue weighted by Gasteiger charge is -2.06. The summed E-state index contributed by atoms with van der Waals surface area (Å²) in [6.45, 7) is 0.766. The third-order valence-corrected chi connectivity index (χ3v) is 3.67. The largest absolute Gasteiger partial charge is 0.434 e. The number of amides is 1. The van der Waals surface area contributed by atoms with E-state index >= 15 is 0 Å². The van der Waals surface area contributed by atoms with Gasteiger partial charge in [-0.05, 0) is 32.0 Å². The summed E-state index contributed by atoms with van der Waals surface area (Å²) in [5.74, 6) is -0.306. The van der Waals surface area contributed by atoms with E-state index in [2.05, 4.69) is 25.2 Å². The van der Waals surface area contributed by atoms with Crippen LogP contribution in [0.2, 0.25) is 0 Å². The minimum Gasteiger partial charge on any atom is -0.434 e. The van der Waals surface area contributed by atoms with Crippen LogP contribution in [0.3, 0.4) is 0 Å². The fourth-order valence-electron chi connectivity index (χ4n) is 1.88. The van der Waals surface area contributed by atoms with Crippen molar-refractivity contribution in [3.8, 4) is 5.75 Å². The van der Waals surface area contributed by atoms with Crippen molar-refractivity contribution < 1.29 is 18.3 Å². The highest BCUT2D eigenvalue weighted by molar-refractivity contribution is 7.99. The summed E-state index contributed by atoms with van der Waals surface area (Å²) in [6, 6.07) is 7.99. The number of alkyl halides is 2. The van der Waals surface area contributed by atoms with Crippen LogP contribution in [0, 0.1) is 13.8 Å². The van der Waals surface area contributed by atoms with E-state index in [4.69, 9.17) is 0 Å². The number of carbonyl (C=O) groups is 1. The zero-order valence-corrected chi connectivity index (χ0v) is 14.4. The first-order valence-electron chi connectivity index (χ1n) is 7.25. The molecule has 0 spiro atoms. The van der Waals surface area contributed by atoms with E-state index in [0.29, 0.717) is 10.7 Å². The highest BCUT2D eigenvalue weighted by atomic mass is 32.2. The van der Waals surface area contributed by atoms with Gasteiger partial charge in [0.1, 0.15) is 5.75 Å². The van der Waals surface area contributed by atoms with Gasteiger partial charge in [-0.3, -0.25) is 4.79 Å². The summed E-state index contributed by atoms with van der Waals surface area (Å²) in [6.07, 6.45) is 1.24. The van der Waals surface area contributed by atoms with E-state index in [0.717, 1.165) is 11.4 Å². The van der Waals surface area contributed by atoms with Crippen molar-refractivity contribution in [2.75, 3.05) is 5.75 Å². The summed E-state index contributed by atoms with van der Waals surface area (Å²) >= 11 is 1.18. The third kappa shape index (κ3) is 6.46. The summed E-state index contributed by atoms with van der Waals surface area (Å²) in [4.78, 5) is 20.2. The molecule has 0 saturated carbocycles. The van der Waals surface area contributed by atoms with Crippen molar-refractivity contribution in [1.29, 1.82) is 0 Å². The van der Waals surface area contributed by atoms with Gasteiger partial charge in [-0.2, -0.15) is 13.9 Å².